The van der Waals surface area contributed by atoms with E-state index >= 15 is 0 Å². The van der Waals surface area contributed by atoms with Gasteiger partial charge in [-0.1, -0.05) is 0 Å². The second-order valence-corrected chi connectivity index (χ2v) is 4.65. The maximum absolute atomic E-state index is 12.3. The average Bonchev–Trinajstić information content (AvgIpc) is 2.78. The summed E-state index contributed by atoms with van der Waals surface area (Å²) in [6.45, 7) is 4.08. The number of carbonyl (C=O) groups excluding carboxylic acids is 2. The Labute approximate surface area is 117 Å². The molecule has 1 heterocycles. The number of amides is 3. The van der Waals surface area contributed by atoms with Gasteiger partial charge in [0.25, 0.3) is 0 Å². The van der Waals surface area contributed by atoms with Gasteiger partial charge in [-0.25, -0.2) is 9.59 Å². The molecule has 0 spiro atoms. The molecular formula is C12H21N3O5. The van der Waals surface area contributed by atoms with Crippen LogP contribution in [-0.4, -0.2) is 76.2 Å². The highest BCUT2D eigenvalue weighted by Crippen LogP contribution is 2.19. The van der Waals surface area contributed by atoms with Gasteiger partial charge in [0.1, 0.15) is 12.6 Å². The molecule has 0 unspecified atom stereocenters. The number of carboxylic acid groups (broad SMARTS) is 1. The number of aliphatic hydroxyl groups excluding tert-OH is 1. The molecule has 0 aromatic carbocycles. The Morgan fingerprint density at radius 3 is 2.50 bits per heavy atom. The van der Waals surface area contributed by atoms with Crippen LogP contribution in [0.15, 0.2) is 0 Å². The zero-order valence-corrected chi connectivity index (χ0v) is 11.7. The minimum absolute atomic E-state index is 0.0137. The fourth-order valence-electron chi connectivity index (χ4n) is 2.18. The van der Waals surface area contributed by atoms with Crippen molar-refractivity contribution in [2.24, 2.45) is 0 Å². The van der Waals surface area contributed by atoms with Crippen LogP contribution < -0.4 is 5.32 Å². The third kappa shape index (κ3) is 3.83. The lowest BCUT2D eigenvalue weighted by Crippen LogP contribution is -2.50. The van der Waals surface area contributed by atoms with Gasteiger partial charge < -0.3 is 25.3 Å². The minimum atomic E-state index is -1.15. The first-order valence-corrected chi connectivity index (χ1v) is 6.63. The lowest BCUT2D eigenvalue weighted by molar-refractivity contribution is -0.141. The molecule has 0 aromatic heterocycles. The number of β-amino-alcohol motifs (C(OH)–C–C–N with tert-alkyl or cyclic N) is 1. The number of urea groups is 1. The highest BCUT2D eigenvalue weighted by atomic mass is 16.4. The second kappa shape index (κ2) is 7.09. The van der Waals surface area contributed by atoms with Crippen molar-refractivity contribution in [3.05, 3.63) is 0 Å². The third-order valence-electron chi connectivity index (χ3n) is 3.17. The first-order valence-electron chi connectivity index (χ1n) is 6.63. The lowest BCUT2D eigenvalue weighted by atomic mass is 10.2. The van der Waals surface area contributed by atoms with Gasteiger partial charge in [0.2, 0.25) is 5.91 Å². The van der Waals surface area contributed by atoms with Crippen LogP contribution in [0.25, 0.3) is 0 Å². The molecular weight excluding hydrogens is 266 g/mol. The van der Waals surface area contributed by atoms with Crippen LogP contribution >= 0.6 is 0 Å². The summed E-state index contributed by atoms with van der Waals surface area (Å²) in [5.74, 6) is -1.45. The Morgan fingerprint density at radius 1 is 1.35 bits per heavy atom. The summed E-state index contributed by atoms with van der Waals surface area (Å²) in [4.78, 5) is 37.3. The minimum Gasteiger partial charge on any atom is -0.480 e. The number of carboxylic acids is 1. The molecule has 3 amide bonds. The maximum atomic E-state index is 12.3. The number of nitrogens with zero attached hydrogens (tertiary/aromatic N) is 2. The molecule has 1 saturated heterocycles. The molecule has 0 saturated carbocycles. The van der Waals surface area contributed by atoms with Crippen molar-refractivity contribution >= 4 is 17.9 Å². The van der Waals surface area contributed by atoms with Gasteiger partial charge in [0.15, 0.2) is 0 Å². The molecule has 8 nitrogen and oxygen atoms in total. The van der Waals surface area contributed by atoms with Gasteiger partial charge in [-0.3, -0.25) is 4.79 Å². The highest BCUT2D eigenvalue weighted by molar-refractivity contribution is 5.87. The summed E-state index contributed by atoms with van der Waals surface area (Å²) in [6, 6.07) is -1.58. The van der Waals surface area contributed by atoms with Crippen molar-refractivity contribution < 1.29 is 24.6 Å². The first-order chi connectivity index (χ1) is 9.40. The monoisotopic (exact) mass is 287 g/mol. The molecule has 1 rings (SSSR count). The van der Waals surface area contributed by atoms with E-state index in [1.165, 1.54) is 4.90 Å². The molecule has 0 radical (unpaired) electrons. The fraction of sp³-hybridized carbons (Fsp3) is 0.750. The van der Waals surface area contributed by atoms with Crippen LogP contribution in [0.5, 0.6) is 0 Å². The molecule has 1 fully saturated rings. The highest BCUT2D eigenvalue weighted by Gasteiger charge is 2.40. The number of aliphatic hydroxyl groups is 1. The molecule has 20 heavy (non-hydrogen) atoms. The van der Waals surface area contributed by atoms with E-state index in [4.69, 9.17) is 5.11 Å². The van der Waals surface area contributed by atoms with Gasteiger partial charge >= 0.3 is 12.0 Å². The number of rotatable bonds is 5. The van der Waals surface area contributed by atoms with E-state index in [9.17, 15) is 19.5 Å². The number of likely N-dealkylation sites (N-methyl/N-ethyl adjacent to an activating group) is 2. The fourth-order valence-corrected chi connectivity index (χ4v) is 2.18. The molecule has 114 valence electrons. The smallest absolute Gasteiger partial charge is 0.326 e. The zero-order valence-electron chi connectivity index (χ0n) is 11.7. The quantitative estimate of drug-likeness (QED) is 0.606. The van der Waals surface area contributed by atoms with Crippen LogP contribution in [0.2, 0.25) is 0 Å². The second-order valence-electron chi connectivity index (χ2n) is 4.65. The standard InChI is InChI=1S/C12H21N3O5/c1-3-13-10(17)7-14(4-2)12(20)15-6-8(16)5-9(15)11(18)19/h8-9,16H,3-7H2,1-2H3,(H,13,17)(H,18,19)/t8-,9+/m1/s1. The predicted octanol–water partition coefficient (Wildman–Crippen LogP) is -0.916. The molecule has 1 aliphatic heterocycles. The number of hydrogen-bond acceptors (Lipinski definition) is 4. The van der Waals surface area contributed by atoms with E-state index < -0.39 is 24.1 Å². The summed E-state index contributed by atoms with van der Waals surface area (Å²) in [6.07, 6.45) is -0.831. The average molecular weight is 287 g/mol. The Kier molecular flexibility index (Phi) is 5.75. The van der Waals surface area contributed by atoms with Gasteiger partial charge in [-0.05, 0) is 13.8 Å². The number of aliphatic carboxylic acids is 1. The van der Waals surface area contributed by atoms with Crippen molar-refractivity contribution in [3.63, 3.8) is 0 Å². The van der Waals surface area contributed by atoms with E-state index in [2.05, 4.69) is 5.32 Å². The largest absolute Gasteiger partial charge is 0.480 e. The van der Waals surface area contributed by atoms with Crippen molar-refractivity contribution in [1.82, 2.24) is 15.1 Å². The number of nitrogens with one attached hydrogen (secondary N) is 1. The van der Waals surface area contributed by atoms with Gasteiger partial charge in [0.05, 0.1) is 6.10 Å². The van der Waals surface area contributed by atoms with Crippen molar-refractivity contribution in [2.75, 3.05) is 26.2 Å². The van der Waals surface area contributed by atoms with Crippen LogP contribution in [-0.2, 0) is 9.59 Å². The van der Waals surface area contributed by atoms with E-state index in [1.54, 1.807) is 13.8 Å². The predicted molar refractivity (Wildman–Crippen MR) is 70.1 cm³/mol. The molecule has 0 aromatic rings. The van der Waals surface area contributed by atoms with Gasteiger partial charge in [0, 0.05) is 26.1 Å². The summed E-state index contributed by atoms with van der Waals surface area (Å²) in [5, 5.41) is 21.2. The SMILES string of the molecule is CCNC(=O)CN(CC)C(=O)N1C[C@H](O)C[C@H]1C(=O)O. The van der Waals surface area contributed by atoms with E-state index in [0.29, 0.717) is 6.54 Å². The van der Waals surface area contributed by atoms with Gasteiger partial charge in [-0.2, -0.15) is 0 Å². The molecule has 8 heteroatoms. The Balaban J connectivity index is 2.74. The van der Waals surface area contributed by atoms with E-state index in [0.717, 1.165) is 4.90 Å². The molecule has 0 bridgehead atoms. The van der Waals surface area contributed by atoms with Crippen molar-refractivity contribution in [2.45, 2.75) is 32.4 Å². The molecule has 3 N–H and O–H groups in total. The number of hydrogen-bond donors (Lipinski definition) is 3. The normalized spacial score (nSPS) is 21.6. The first kappa shape index (κ1) is 16.2. The third-order valence-corrected chi connectivity index (χ3v) is 3.17. The van der Waals surface area contributed by atoms with Crippen LogP contribution in [0.1, 0.15) is 20.3 Å². The summed E-state index contributed by atoms with van der Waals surface area (Å²) in [7, 11) is 0. The molecule has 0 aliphatic carbocycles. The van der Waals surface area contributed by atoms with Crippen molar-refractivity contribution in [3.8, 4) is 0 Å². The Hall–Kier alpha value is -1.83. The van der Waals surface area contributed by atoms with Crippen molar-refractivity contribution in [1.29, 1.82) is 0 Å². The van der Waals surface area contributed by atoms with E-state index in [1.807, 2.05) is 0 Å². The maximum Gasteiger partial charge on any atom is 0.326 e. The summed E-state index contributed by atoms with van der Waals surface area (Å²) >= 11 is 0. The number of carbonyl (C=O) groups is 3. The molecule has 2 atom stereocenters. The van der Waals surface area contributed by atoms with Crippen LogP contribution in [0.4, 0.5) is 4.79 Å². The van der Waals surface area contributed by atoms with Crippen LogP contribution in [0.3, 0.4) is 0 Å². The topological polar surface area (TPSA) is 110 Å². The zero-order chi connectivity index (χ0) is 15.3. The van der Waals surface area contributed by atoms with E-state index in [-0.39, 0.29) is 32.0 Å². The summed E-state index contributed by atoms with van der Waals surface area (Å²) in [5.41, 5.74) is 0. The van der Waals surface area contributed by atoms with Gasteiger partial charge in [-0.15, -0.1) is 0 Å². The summed E-state index contributed by atoms with van der Waals surface area (Å²) < 4.78 is 0. The van der Waals surface area contributed by atoms with Crippen LogP contribution in [0, 0.1) is 0 Å². The Bertz CT molecular complexity index is 387. The molecule has 1 aliphatic rings. The lowest BCUT2D eigenvalue weighted by Gasteiger charge is -2.29. The Morgan fingerprint density at radius 2 is 2.00 bits per heavy atom. The number of likely N-dealkylation sites (tertiary alicyclic amines) is 1.